The summed E-state index contributed by atoms with van der Waals surface area (Å²) in [7, 11) is 1.91. The minimum absolute atomic E-state index is 0.00415. The SMILES string of the molecule is Cc1nc2c(-c3ccc(Cl)cc3F)cc([C@H]3CCO[C@@H](c4cnn(C)c4)C3)cn2c1C. The molecule has 0 amide bonds. The van der Waals surface area contributed by atoms with Crippen LogP contribution in [0.1, 0.15) is 47.4 Å². The fourth-order valence-corrected chi connectivity index (χ4v) is 4.62. The van der Waals surface area contributed by atoms with Gasteiger partial charge >= 0.3 is 0 Å². The molecule has 7 heteroatoms. The first-order chi connectivity index (χ1) is 14.9. The number of pyridine rings is 1. The normalized spacial score (nSPS) is 19.3. The Hall–Kier alpha value is -2.70. The third-order valence-electron chi connectivity index (χ3n) is 6.29. The molecular weight excluding hydrogens is 415 g/mol. The Balaban J connectivity index is 1.61. The number of halogens is 2. The molecule has 3 aromatic heterocycles. The predicted octanol–water partition coefficient (Wildman–Crippen LogP) is 5.78. The fourth-order valence-electron chi connectivity index (χ4n) is 4.46. The summed E-state index contributed by atoms with van der Waals surface area (Å²) in [5, 5.41) is 4.67. The number of benzene rings is 1. The molecule has 1 aromatic carbocycles. The first-order valence-corrected chi connectivity index (χ1v) is 10.8. The number of nitrogens with zero attached hydrogens (tertiary/aromatic N) is 4. The van der Waals surface area contributed by atoms with Crippen molar-refractivity contribution in [2.45, 2.75) is 38.7 Å². The van der Waals surface area contributed by atoms with E-state index in [2.05, 4.69) is 21.8 Å². The summed E-state index contributed by atoms with van der Waals surface area (Å²) in [4.78, 5) is 4.73. The van der Waals surface area contributed by atoms with Gasteiger partial charge in [-0.3, -0.25) is 4.68 Å². The Morgan fingerprint density at radius 2 is 1.97 bits per heavy atom. The van der Waals surface area contributed by atoms with Crippen molar-refractivity contribution in [2.75, 3.05) is 6.61 Å². The van der Waals surface area contributed by atoms with E-state index in [-0.39, 0.29) is 11.9 Å². The average molecular weight is 439 g/mol. The van der Waals surface area contributed by atoms with Gasteiger partial charge in [-0.25, -0.2) is 9.37 Å². The van der Waals surface area contributed by atoms with Crippen LogP contribution in [-0.4, -0.2) is 25.8 Å². The Bertz CT molecular complexity index is 1280. The molecule has 0 unspecified atom stereocenters. The highest BCUT2D eigenvalue weighted by Gasteiger charge is 2.27. The van der Waals surface area contributed by atoms with Gasteiger partial charge in [-0.05, 0) is 62.4 Å². The Morgan fingerprint density at radius 3 is 2.71 bits per heavy atom. The number of aryl methyl sites for hydroxylation is 3. The number of aromatic nitrogens is 4. The van der Waals surface area contributed by atoms with Crippen LogP contribution in [0.5, 0.6) is 0 Å². The van der Waals surface area contributed by atoms with Crippen LogP contribution in [0.3, 0.4) is 0 Å². The minimum Gasteiger partial charge on any atom is -0.373 e. The fraction of sp³-hybridized carbons (Fsp3) is 0.333. The van der Waals surface area contributed by atoms with Gasteiger partial charge in [0.25, 0.3) is 0 Å². The molecule has 1 aliphatic heterocycles. The van der Waals surface area contributed by atoms with E-state index in [9.17, 15) is 4.39 Å². The van der Waals surface area contributed by atoms with Crippen molar-refractivity contribution in [3.05, 3.63) is 76.2 Å². The molecular formula is C24H24ClFN4O. The van der Waals surface area contributed by atoms with E-state index in [0.717, 1.165) is 46.6 Å². The smallest absolute Gasteiger partial charge is 0.145 e. The number of hydrogen-bond acceptors (Lipinski definition) is 3. The van der Waals surface area contributed by atoms with E-state index in [1.165, 1.54) is 6.07 Å². The monoisotopic (exact) mass is 438 g/mol. The zero-order chi connectivity index (χ0) is 21.7. The van der Waals surface area contributed by atoms with Gasteiger partial charge in [0.1, 0.15) is 11.5 Å². The molecule has 0 aliphatic carbocycles. The van der Waals surface area contributed by atoms with Crippen LogP contribution < -0.4 is 0 Å². The maximum atomic E-state index is 14.9. The second kappa shape index (κ2) is 7.77. The first-order valence-electron chi connectivity index (χ1n) is 10.5. The summed E-state index contributed by atoms with van der Waals surface area (Å²) in [5.41, 5.74) is 6.30. The van der Waals surface area contributed by atoms with Crippen LogP contribution in [0.2, 0.25) is 5.02 Å². The summed E-state index contributed by atoms with van der Waals surface area (Å²) in [6.45, 7) is 4.70. The number of fused-ring (bicyclic) bond motifs is 1. The lowest BCUT2D eigenvalue weighted by Crippen LogP contribution is -2.19. The second-order valence-electron chi connectivity index (χ2n) is 8.32. The summed E-state index contributed by atoms with van der Waals surface area (Å²) < 4.78 is 24.8. The van der Waals surface area contributed by atoms with Gasteiger partial charge < -0.3 is 9.14 Å². The largest absolute Gasteiger partial charge is 0.373 e. The second-order valence-corrected chi connectivity index (χ2v) is 8.75. The number of ether oxygens (including phenoxy) is 1. The quantitative estimate of drug-likeness (QED) is 0.407. The van der Waals surface area contributed by atoms with E-state index < -0.39 is 0 Å². The van der Waals surface area contributed by atoms with E-state index in [0.29, 0.717) is 23.1 Å². The van der Waals surface area contributed by atoms with Gasteiger partial charge in [0, 0.05) is 53.5 Å². The van der Waals surface area contributed by atoms with Gasteiger partial charge in [0.05, 0.1) is 18.0 Å². The van der Waals surface area contributed by atoms with Crippen LogP contribution >= 0.6 is 11.6 Å². The zero-order valence-corrected chi connectivity index (χ0v) is 18.5. The molecule has 4 aromatic rings. The molecule has 160 valence electrons. The zero-order valence-electron chi connectivity index (χ0n) is 17.8. The molecule has 5 nitrogen and oxygen atoms in total. The van der Waals surface area contributed by atoms with Crippen LogP contribution in [0.4, 0.5) is 4.39 Å². The molecule has 31 heavy (non-hydrogen) atoms. The lowest BCUT2D eigenvalue weighted by Gasteiger charge is -2.29. The molecule has 1 fully saturated rings. The molecule has 0 spiro atoms. The van der Waals surface area contributed by atoms with E-state index >= 15 is 0 Å². The van der Waals surface area contributed by atoms with Crippen molar-refractivity contribution in [3.63, 3.8) is 0 Å². The number of rotatable bonds is 3. The van der Waals surface area contributed by atoms with Gasteiger partial charge in [0.2, 0.25) is 0 Å². The highest BCUT2D eigenvalue weighted by Crippen LogP contribution is 2.40. The molecule has 1 saturated heterocycles. The van der Waals surface area contributed by atoms with Crippen LogP contribution in [0.25, 0.3) is 16.8 Å². The third-order valence-corrected chi connectivity index (χ3v) is 6.53. The number of hydrogen-bond donors (Lipinski definition) is 0. The summed E-state index contributed by atoms with van der Waals surface area (Å²) in [5.74, 6) is -0.0513. The van der Waals surface area contributed by atoms with Crippen LogP contribution in [0.15, 0.2) is 42.9 Å². The maximum Gasteiger partial charge on any atom is 0.145 e. The minimum atomic E-state index is -0.343. The Morgan fingerprint density at radius 1 is 1.13 bits per heavy atom. The number of imidazole rings is 1. The van der Waals surface area contributed by atoms with Gasteiger partial charge in [-0.15, -0.1) is 0 Å². The summed E-state index contributed by atoms with van der Waals surface area (Å²) >= 11 is 6.00. The molecule has 1 aliphatic rings. The van der Waals surface area contributed by atoms with Crippen molar-refractivity contribution < 1.29 is 9.13 Å². The molecule has 5 rings (SSSR count). The van der Waals surface area contributed by atoms with E-state index in [4.69, 9.17) is 21.3 Å². The van der Waals surface area contributed by atoms with Gasteiger partial charge in [-0.1, -0.05) is 11.6 Å². The van der Waals surface area contributed by atoms with Crippen molar-refractivity contribution in [2.24, 2.45) is 7.05 Å². The van der Waals surface area contributed by atoms with Crippen LogP contribution in [0, 0.1) is 19.7 Å². The van der Waals surface area contributed by atoms with Gasteiger partial charge in [0.15, 0.2) is 0 Å². The molecule has 0 bridgehead atoms. The van der Waals surface area contributed by atoms with Crippen molar-refractivity contribution in [3.8, 4) is 11.1 Å². The Kier molecular flexibility index (Phi) is 5.07. The highest BCUT2D eigenvalue weighted by atomic mass is 35.5. The van der Waals surface area contributed by atoms with Crippen molar-refractivity contribution >= 4 is 17.2 Å². The highest BCUT2D eigenvalue weighted by molar-refractivity contribution is 6.30. The summed E-state index contributed by atoms with van der Waals surface area (Å²) in [6.07, 6.45) is 7.80. The molecule has 0 N–H and O–H groups in total. The van der Waals surface area contributed by atoms with Crippen LogP contribution in [-0.2, 0) is 11.8 Å². The van der Waals surface area contributed by atoms with Crippen molar-refractivity contribution in [1.29, 1.82) is 0 Å². The molecule has 0 saturated carbocycles. The van der Waals surface area contributed by atoms with Crippen molar-refractivity contribution in [1.82, 2.24) is 19.2 Å². The molecule has 4 heterocycles. The average Bonchev–Trinajstić information content (AvgIpc) is 3.31. The van der Waals surface area contributed by atoms with Gasteiger partial charge in [-0.2, -0.15) is 5.10 Å². The standard InChI is InChI=1S/C24H24ClFN4O/c1-14-15(2)30-13-17(16-6-7-31-23(9-16)18-11-27-29(3)12-18)8-21(24(30)28-14)20-5-4-19(25)10-22(20)26/h4-5,8,10-13,16,23H,6-7,9H2,1-3H3/t16-,23+/m0/s1. The van der Waals surface area contributed by atoms with E-state index in [1.54, 1.807) is 16.8 Å². The first kappa shape index (κ1) is 20.2. The van der Waals surface area contributed by atoms with E-state index in [1.807, 2.05) is 33.3 Å². The predicted molar refractivity (Wildman–Crippen MR) is 119 cm³/mol. The summed E-state index contributed by atoms with van der Waals surface area (Å²) in [6, 6.07) is 6.90. The lowest BCUT2D eigenvalue weighted by molar-refractivity contribution is 0.00518. The lowest BCUT2D eigenvalue weighted by atomic mass is 9.86. The topological polar surface area (TPSA) is 44.4 Å². The third kappa shape index (κ3) is 3.64. The maximum absolute atomic E-state index is 14.9. The Labute approximate surface area is 185 Å². The molecule has 0 radical (unpaired) electrons. The molecule has 2 atom stereocenters.